The maximum atomic E-state index is 12.4. The third-order valence-corrected chi connectivity index (χ3v) is 4.30. The van der Waals surface area contributed by atoms with Crippen molar-refractivity contribution in [3.63, 3.8) is 0 Å². The van der Waals surface area contributed by atoms with E-state index in [4.69, 9.17) is 0 Å². The number of piperidine rings is 1. The van der Waals surface area contributed by atoms with E-state index in [1.54, 1.807) is 6.92 Å². The van der Waals surface area contributed by atoms with Gasteiger partial charge < -0.3 is 10.2 Å². The van der Waals surface area contributed by atoms with E-state index in [1.165, 1.54) is 11.8 Å². The van der Waals surface area contributed by atoms with E-state index in [0.29, 0.717) is 11.7 Å². The number of thioether (sulfide) groups is 1. The van der Waals surface area contributed by atoms with Gasteiger partial charge in [0.2, 0.25) is 5.91 Å². The maximum Gasteiger partial charge on any atom is 0.406 e. The van der Waals surface area contributed by atoms with Crippen LogP contribution in [0.15, 0.2) is 0 Å². The Morgan fingerprint density at radius 2 is 2.00 bits per heavy atom. The second-order valence-corrected chi connectivity index (χ2v) is 5.98. The van der Waals surface area contributed by atoms with Crippen molar-refractivity contribution in [1.82, 2.24) is 10.2 Å². The van der Waals surface area contributed by atoms with Crippen molar-refractivity contribution in [1.29, 1.82) is 0 Å². The lowest BCUT2D eigenvalue weighted by molar-refractivity contribution is -0.159. The molecule has 0 radical (unpaired) electrons. The number of hydrogen-bond donors (Lipinski definition) is 1. The SMILES string of the molecule is CCCN(CC(F)(F)F)C(=O)CSC1CCNCC1. The summed E-state index contributed by atoms with van der Waals surface area (Å²) in [6, 6.07) is 0. The second kappa shape index (κ2) is 7.99. The molecule has 1 aliphatic rings. The molecule has 0 aliphatic carbocycles. The molecule has 112 valence electrons. The molecular weight excluding hydrogens is 277 g/mol. The van der Waals surface area contributed by atoms with E-state index in [9.17, 15) is 18.0 Å². The third kappa shape index (κ3) is 7.06. The van der Waals surface area contributed by atoms with Gasteiger partial charge in [-0.05, 0) is 32.4 Å². The first-order valence-electron chi connectivity index (χ1n) is 6.59. The van der Waals surface area contributed by atoms with Crippen LogP contribution in [0.25, 0.3) is 0 Å². The molecule has 7 heteroatoms. The number of nitrogens with zero attached hydrogens (tertiary/aromatic N) is 1. The van der Waals surface area contributed by atoms with E-state index < -0.39 is 18.6 Å². The molecule has 1 N–H and O–H groups in total. The lowest BCUT2D eigenvalue weighted by Gasteiger charge is -2.26. The van der Waals surface area contributed by atoms with E-state index in [2.05, 4.69) is 5.32 Å². The summed E-state index contributed by atoms with van der Waals surface area (Å²) in [7, 11) is 0. The van der Waals surface area contributed by atoms with E-state index in [0.717, 1.165) is 30.8 Å². The van der Waals surface area contributed by atoms with Gasteiger partial charge in [-0.15, -0.1) is 11.8 Å². The van der Waals surface area contributed by atoms with Crippen LogP contribution in [0.4, 0.5) is 13.2 Å². The summed E-state index contributed by atoms with van der Waals surface area (Å²) in [6.45, 7) is 2.66. The molecule has 0 aromatic carbocycles. The lowest BCUT2D eigenvalue weighted by atomic mass is 10.2. The minimum absolute atomic E-state index is 0.154. The average molecular weight is 298 g/mol. The molecule has 0 bridgehead atoms. The molecule has 3 nitrogen and oxygen atoms in total. The number of amides is 1. The highest BCUT2D eigenvalue weighted by Crippen LogP contribution is 2.22. The Morgan fingerprint density at radius 3 is 2.53 bits per heavy atom. The molecule has 1 amide bonds. The van der Waals surface area contributed by atoms with Crippen molar-refractivity contribution in [2.75, 3.05) is 31.9 Å². The molecule has 1 aliphatic heterocycles. The van der Waals surface area contributed by atoms with Crippen LogP contribution in [0.5, 0.6) is 0 Å². The molecule has 0 atom stereocenters. The van der Waals surface area contributed by atoms with Gasteiger partial charge in [0.25, 0.3) is 0 Å². The fourth-order valence-corrected chi connectivity index (χ4v) is 3.15. The third-order valence-electron chi connectivity index (χ3n) is 2.95. The second-order valence-electron chi connectivity index (χ2n) is 4.69. The van der Waals surface area contributed by atoms with E-state index >= 15 is 0 Å². The molecule has 19 heavy (non-hydrogen) atoms. The molecule has 1 fully saturated rings. The van der Waals surface area contributed by atoms with E-state index in [1.807, 2.05) is 0 Å². The minimum Gasteiger partial charge on any atom is -0.333 e. The minimum atomic E-state index is -4.32. The Hall–Kier alpha value is -0.430. The van der Waals surface area contributed by atoms with Crippen LogP contribution in [-0.4, -0.2) is 54.2 Å². The van der Waals surface area contributed by atoms with Gasteiger partial charge in [-0.3, -0.25) is 4.79 Å². The average Bonchev–Trinajstić information content (AvgIpc) is 2.35. The van der Waals surface area contributed by atoms with Crippen molar-refractivity contribution >= 4 is 17.7 Å². The predicted molar refractivity (Wildman–Crippen MR) is 71.3 cm³/mol. The molecule has 1 saturated heterocycles. The zero-order valence-electron chi connectivity index (χ0n) is 11.1. The highest BCUT2D eigenvalue weighted by atomic mass is 32.2. The van der Waals surface area contributed by atoms with Crippen LogP contribution in [0.2, 0.25) is 0 Å². The predicted octanol–water partition coefficient (Wildman–Crippen LogP) is 2.27. The van der Waals surface area contributed by atoms with Gasteiger partial charge in [0, 0.05) is 11.8 Å². The van der Waals surface area contributed by atoms with Crippen molar-refractivity contribution in [3.05, 3.63) is 0 Å². The molecule has 0 unspecified atom stereocenters. The first-order chi connectivity index (χ1) is 8.92. The van der Waals surface area contributed by atoms with Crippen LogP contribution < -0.4 is 5.32 Å². The largest absolute Gasteiger partial charge is 0.406 e. The molecule has 0 spiro atoms. The summed E-state index contributed by atoms with van der Waals surface area (Å²) in [6.07, 6.45) is -1.82. The first-order valence-corrected chi connectivity index (χ1v) is 7.64. The quantitative estimate of drug-likeness (QED) is 0.816. The van der Waals surface area contributed by atoms with Crippen LogP contribution in [0, 0.1) is 0 Å². The van der Waals surface area contributed by atoms with Crippen molar-refractivity contribution in [3.8, 4) is 0 Å². The molecule has 1 heterocycles. The Balaban J connectivity index is 2.38. The Bertz CT molecular complexity index is 281. The standard InChI is InChI=1S/C12H21F3N2OS/c1-2-7-17(9-12(13,14)15)11(18)8-19-10-3-5-16-6-4-10/h10,16H,2-9H2,1H3. The normalized spacial score (nSPS) is 17.5. The Morgan fingerprint density at radius 1 is 1.37 bits per heavy atom. The van der Waals surface area contributed by atoms with Crippen molar-refractivity contribution < 1.29 is 18.0 Å². The molecule has 1 rings (SSSR count). The van der Waals surface area contributed by atoms with Crippen molar-refractivity contribution in [2.45, 2.75) is 37.6 Å². The van der Waals surface area contributed by atoms with Gasteiger partial charge in [-0.2, -0.15) is 13.2 Å². The molecule has 0 saturated carbocycles. The molecule has 0 aromatic rings. The summed E-state index contributed by atoms with van der Waals surface area (Å²) in [5.74, 6) is -0.247. The summed E-state index contributed by atoms with van der Waals surface area (Å²) >= 11 is 1.49. The number of rotatable bonds is 6. The number of carbonyl (C=O) groups excluding carboxylic acids is 1. The Labute approximate surface area is 116 Å². The Kier molecular flexibility index (Phi) is 6.99. The lowest BCUT2D eigenvalue weighted by Crippen LogP contribution is -2.41. The number of hydrogen-bond acceptors (Lipinski definition) is 3. The smallest absolute Gasteiger partial charge is 0.333 e. The summed E-state index contributed by atoms with van der Waals surface area (Å²) in [4.78, 5) is 12.8. The topological polar surface area (TPSA) is 32.3 Å². The van der Waals surface area contributed by atoms with Gasteiger partial charge in [-0.25, -0.2) is 0 Å². The molecule has 0 aromatic heterocycles. The molecular formula is C12H21F3N2OS. The van der Waals surface area contributed by atoms with Gasteiger partial charge in [-0.1, -0.05) is 6.92 Å². The zero-order chi connectivity index (χ0) is 14.3. The van der Waals surface area contributed by atoms with Gasteiger partial charge in [0.1, 0.15) is 6.54 Å². The van der Waals surface area contributed by atoms with Crippen LogP contribution in [0.1, 0.15) is 26.2 Å². The number of carbonyl (C=O) groups is 1. The number of nitrogens with one attached hydrogen (secondary N) is 1. The van der Waals surface area contributed by atoms with Gasteiger partial charge >= 0.3 is 6.18 Å². The number of halogens is 3. The van der Waals surface area contributed by atoms with Crippen LogP contribution >= 0.6 is 11.8 Å². The van der Waals surface area contributed by atoms with Gasteiger partial charge in [0.05, 0.1) is 5.75 Å². The van der Waals surface area contributed by atoms with Crippen molar-refractivity contribution in [2.24, 2.45) is 0 Å². The first kappa shape index (κ1) is 16.6. The zero-order valence-corrected chi connectivity index (χ0v) is 11.9. The van der Waals surface area contributed by atoms with E-state index in [-0.39, 0.29) is 12.3 Å². The monoisotopic (exact) mass is 298 g/mol. The summed E-state index contributed by atoms with van der Waals surface area (Å²) < 4.78 is 37.1. The fraction of sp³-hybridized carbons (Fsp3) is 0.917. The maximum absolute atomic E-state index is 12.4. The number of alkyl halides is 3. The highest BCUT2D eigenvalue weighted by Gasteiger charge is 2.32. The summed E-state index contributed by atoms with van der Waals surface area (Å²) in [5.41, 5.74) is 0. The fourth-order valence-electron chi connectivity index (χ4n) is 2.02. The summed E-state index contributed by atoms with van der Waals surface area (Å²) in [5, 5.41) is 3.61. The van der Waals surface area contributed by atoms with Crippen LogP contribution in [0.3, 0.4) is 0 Å². The van der Waals surface area contributed by atoms with Gasteiger partial charge in [0.15, 0.2) is 0 Å². The highest BCUT2D eigenvalue weighted by molar-refractivity contribution is 8.00. The van der Waals surface area contributed by atoms with Crippen LogP contribution in [-0.2, 0) is 4.79 Å².